The number of halogens is 1. The molecule has 0 spiro atoms. The van der Waals surface area contributed by atoms with E-state index in [1.165, 1.54) is 0 Å². The first-order valence-electron chi connectivity index (χ1n) is 11.8. The van der Waals surface area contributed by atoms with Crippen molar-refractivity contribution >= 4 is 34.4 Å². The molecular weight excluding hydrogens is 559 g/mol. The minimum absolute atomic E-state index is 0.111. The van der Waals surface area contributed by atoms with Gasteiger partial charge in [0.1, 0.15) is 18.0 Å². The number of ether oxygens (including phenoxy) is 1. The first-order valence-corrected chi connectivity index (χ1v) is 12.8. The molecule has 3 N–H and O–H groups in total. The van der Waals surface area contributed by atoms with Crippen LogP contribution in [0, 0.1) is 16.4 Å². The van der Waals surface area contributed by atoms with E-state index in [2.05, 4.69) is 27.9 Å². The summed E-state index contributed by atoms with van der Waals surface area (Å²) in [6.07, 6.45) is -0.0800. The lowest BCUT2D eigenvalue weighted by atomic mass is 9.87. The van der Waals surface area contributed by atoms with Crippen LogP contribution in [-0.4, -0.2) is 58.3 Å². The summed E-state index contributed by atoms with van der Waals surface area (Å²) >= 11 is 2.16. The number of rotatable bonds is 9. The highest BCUT2D eigenvalue weighted by Crippen LogP contribution is 2.31. The Bertz CT molecular complexity index is 1050. The van der Waals surface area contributed by atoms with Crippen LogP contribution < -0.4 is 10.1 Å². The summed E-state index contributed by atoms with van der Waals surface area (Å²) in [5.74, 6) is -0.164. The molecule has 0 saturated carbocycles. The van der Waals surface area contributed by atoms with Gasteiger partial charge in [-0.2, -0.15) is 0 Å². The molecule has 0 fully saturated rings. The number of hydrogen-bond acceptors (Lipinski definition) is 5. The molecule has 1 aliphatic carbocycles. The second kappa shape index (κ2) is 12.5. The van der Waals surface area contributed by atoms with Crippen molar-refractivity contribution in [3.8, 4) is 5.75 Å². The molecule has 0 bridgehead atoms. The molecule has 0 heterocycles. The van der Waals surface area contributed by atoms with Gasteiger partial charge in [0, 0.05) is 31.0 Å². The number of hydrogen-bond donors (Lipinski definition) is 3. The third kappa shape index (κ3) is 7.05. The molecule has 2 aromatic rings. The Balaban J connectivity index is 1.97. The molecule has 2 aromatic carbocycles. The second-order valence-corrected chi connectivity index (χ2v) is 10.2. The average molecular weight is 592 g/mol. The van der Waals surface area contributed by atoms with Crippen molar-refractivity contribution < 1.29 is 24.5 Å². The van der Waals surface area contributed by atoms with Crippen molar-refractivity contribution in [3.05, 3.63) is 74.9 Å². The van der Waals surface area contributed by atoms with Crippen LogP contribution in [0.25, 0.3) is 0 Å². The fraction of sp³-hybridized carbons (Fsp3) is 0.407. The van der Waals surface area contributed by atoms with E-state index in [1.807, 2.05) is 63.2 Å². The maximum absolute atomic E-state index is 13.3. The van der Waals surface area contributed by atoms with Gasteiger partial charge in [-0.05, 0) is 53.3 Å². The Labute approximate surface area is 220 Å². The number of benzene rings is 2. The number of nitrogens with one attached hydrogen (secondary N) is 1. The van der Waals surface area contributed by atoms with Crippen molar-refractivity contribution in [1.29, 1.82) is 0 Å². The largest absolute Gasteiger partial charge is 0.482 e. The van der Waals surface area contributed by atoms with Gasteiger partial charge in [-0.25, -0.2) is 0 Å². The summed E-state index contributed by atoms with van der Waals surface area (Å²) in [4.78, 5) is 27.9. The molecular formula is C27H33IN2O5. The summed E-state index contributed by atoms with van der Waals surface area (Å²) < 4.78 is 7.04. The van der Waals surface area contributed by atoms with Gasteiger partial charge >= 0.3 is 0 Å². The smallest absolute Gasteiger partial charge is 0.247 e. The Morgan fingerprint density at radius 1 is 1.17 bits per heavy atom. The highest BCUT2D eigenvalue weighted by molar-refractivity contribution is 14.1. The normalized spacial score (nSPS) is 19.7. The molecule has 0 saturated heterocycles. The first-order chi connectivity index (χ1) is 16.7. The van der Waals surface area contributed by atoms with Crippen LogP contribution in [-0.2, 0) is 16.1 Å². The lowest BCUT2D eigenvalue weighted by Crippen LogP contribution is -2.55. The average Bonchev–Trinajstić information content (AvgIpc) is 2.84. The minimum atomic E-state index is -1.05. The number of carbonyl (C=O) groups is 2. The first kappa shape index (κ1) is 27.2. The van der Waals surface area contributed by atoms with E-state index in [4.69, 9.17) is 9.84 Å². The molecule has 0 aromatic heterocycles. The van der Waals surface area contributed by atoms with Crippen LogP contribution in [0.4, 0.5) is 0 Å². The Morgan fingerprint density at radius 3 is 2.49 bits per heavy atom. The van der Waals surface area contributed by atoms with Crippen LogP contribution >= 0.6 is 22.6 Å². The van der Waals surface area contributed by atoms with E-state index in [9.17, 15) is 14.7 Å². The van der Waals surface area contributed by atoms with Crippen molar-refractivity contribution in [2.75, 3.05) is 13.2 Å². The Morgan fingerprint density at radius 2 is 1.86 bits per heavy atom. The SMILES string of the molecule is Cc1ccc(CN(C(=O)C(C)C)[C@@H]2CC(C(=O)NCCO)=C[C@H](Oc3ccccc3I)[C@H]2O)cc1. The number of aliphatic hydroxyl groups is 2. The van der Waals surface area contributed by atoms with Gasteiger partial charge in [-0.3, -0.25) is 9.59 Å². The summed E-state index contributed by atoms with van der Waals surface area (Å²) in [6.45, 7) is 5.89. The zero-order valence-corrected chi connectivity index (χ0v) is 22.4. The lowest BCUT2D eigenvalue weighted by Gasteiger charge is -2.41. The van der Waals surface area contributed by atoms with Gasteiger partial charge in [-0.1, -0.05) is 55.8 Å². The van der Waals surface area contributed by atoms with Gasteiger partial charge in [0.05, 0.1) is 16.2 Å². The van der Waals surface area contributed by atoms with Crippen molar-refractivity contribution in [2.45, 2.75) is 52.0 Å². The molecule has 0 aliphatic heterocycles. The van der Waals surface area contributed by atoms with Crippen LogP contribution in [0.5, 0.6) is 5.75 Å². The maximum Gasteiger partial charge on any atom is 0.247 e. The lowest BCUT2D eigenvalue weighted by molar-refractivity contribution is -0.142. The number of carbonyl (C=O) groups excluding carboxylic acids is 2. The van der Waals surface area contributed by atoms with E-state index in [0.717, 1.165) is 14.7 Å². The van der Waals surface area contributed by atoms with E-state index >= 15 is 0 Å². The molecule has 0 unspecified atom stereocenters. The molecule has 3 rings (SSSR count). The molecule has 7 nitrogen and oxygen atoms in total. The Kier molecular flexibility index (Phi) is 9.71. The quantitative estimate of drug-likeness (QED) is 0.389. The van der Waals surface area contributed by atoms with Gasteiger partial charge in [0.2, 0.25) is 11.8 Å². The molecule has 1 aliphatic rings. The molecule has 2 amide bonds. The molecule has 35 heavy (non-hydrogen) atoms. The highest BCUT2D eigenvalue weighted by atomic mass is 127. The summed E-state index contributed by atoms with van der Waals surface area (Å²) in [6, 6.07) is 14.7. The van der Waals surface area contributed by atoms with E-state index in [-0.39, 0.29) is 37.3 Å². The van der Waals surface area contributed by atoms with Gasteiger partial charge in [0.25, 0.3) is 0 Å². The molecule has 8 heteroatoms. The van der Waals surface area contributed by atoms with Crippen LogP contribution in [0.3, 0.4) is 0 Å². The van der Waals surface area contributed by atoms with Crippen molar-refractivity contribution in [1.82, 2.24) is 10.2 Å². The maximum atomic E-state index is 13.3. The minimum Gasteiger partial charge on any atom is -0.482 e. The molecule has 188 valence electrons. The number of para-hydroxylation sites is 1. The van der Waals surface area contributed by atoms with E-state index in [0.29, 0.717) is 17.9 Å². The van der Waals surface area contributed by atoms with E-state index < -0.39 is 18.2 Å². The summed E-state index contributed by atoms with van der Waals surface area (Å²) in [5.41, 5.74) is 2.47. The number of aliphatic hydroxyl groups excluding tert-OH is 2. The summed E-state index contributed by atoms with van der Waals surface area (Å²) in [7, 11) is 0. The second-order valence-electron chi connectivity index (χ2n) is 9.05. The van der Waals surface area contributed by atoms with Crippen LogP contribution in [0.15, 0.2) is 60.2 Å². The molecule has 3 atom stereocenters. The Hall–Kier alpha value is -2.43. The highest BCUT2D eigenvalue weighted by Gasteiger charge is 2.41. The molecule has 0 radical (unpaired) electrons. The van der Waals surface area contributed by atoms with Crippen molar-refractivity contribution in [2.24, 2.45) is 5.92 Å². The predicted molar refractivity (Wildman–Crippen MR) is 143 cm³/mol. The fourth-order valence-electron chi connectivity index (χ4n) is 4.05. The topological polar surface area (TPSA) is 99.1 Å². The van der Waals surface area contributed by atoms with Crippen molar-refractivity contribution in [3.63, 3.8) is 0 Å². The number of amides is 2. The monoisotopic (exact) mass is 592 g/mol. The predicted octanol–water partition coefficient (Wildman–Crippen LogP) is 3.20. The number of aryl methyl sites for hydroxylation is 1. The zero-order valence-electron chi connectivity index (χ0n) is 20.3. The van der Waals surface area contributed by atoms with Crippen LogP contribution in [0.2, 0.25) is 0 Å². The van der Waals surface area contributed by atoms with E-state index in [1.54, 1.807) is 17.0 Å². The standard InChI is InChI=1S/C27H33IN2O5/c1-17(2)27(34)30(16-19-10-8-18(3)9-11-19)22-14-20(26(33)29-12-13-31)15-24(25(22)32)35-23-7-5-4-6-21(23)28/h4-11,15,17,22,24-25,31-32H,12-14,16H2,1-3H3,(H,29,33)/t22-,24+,25+/m1/s1. The zero-order chi connectivity index (χ0) is 25.5. The fourth-order valence-corrected chi connectivity index (χ4v) is 4.56. The van der Waals surface area contributed by atoms with Gasteiger partial charge in [0.15, 0.2) is 0 Å². The van der Waals surface area contributed by atoms with Gasteiger partial charge < -0.3 is 25.2 Å². The van der Waals surface area contributed by atoms with Gasteiger partial charge in [-0.15, -0.1) is 0 Å². The third-order valence-corrected chi connectivity index (χ3v) is 6.86. The third-order valence-electron chi connectivity index (χ3n) is 5.96. The van der Waals surface area contributed by atoms with Crippen LogP contribution in [0.1, 0.15) is 31.4 Å². The number of nitrogens with zero attached hydrogens (tertiary/aromatic N) is 1. The summed E-state index contributed by atoms with van der Waals surface area (Å²) in [5, 5.41) is 23.3.